The third-order valence-electron chi connectivity index (χ3n) is 9.87. The minimum absolute atomic E-state index is 0.0219. The molecule has 1 aliphatic heterocycles. The molecule has 1 spiro atoms. The van der Waals surface area contributed by atoms with Crippen molar-refractivity contribution in [3.05, 3.63) is 0 Å². The maximum atomic E-state index is 6.95. The molecule has 0 amide bonds. The summed E-state index contributed by atoms with van der Waals surface area (Å²) in [5, 5.41) is 0.0219. The molecule has 4 saturated carbocycles. The monoisotopic (exact) mass is 378 g/mol. The molecule has 5 fully saturated rings. The standard InChI is InChI=1S/C22H36BClO2/c1-14-10-11-16-20(2,3)17-12-22(14,16)13-18-21(17,4)26-23(25-18)19(24)15-8-6-5-7-9-15/h14-19H,5-13H2,1-4H3/t14-,16+,17-,18+,19-,21-,22-/m1/s1. The molecule has 0 N–H and O–H groups in total. The van der Waals surface area contributed by atoms with Gasteiger partial charge < -0.3 is 9.31 Å². The average Bonchev–Trinajstić information content (AvgIpc) is 3.19. The minimum atomic E-state index is -0.198. The van der Waals surface area contributed by atoms with Crippen LogP contribution in [-0.2, 0) is 9.31 Å². The molecule has 0 radical (unpaired) electrons. The SMILES string of the molecule is C[C@@H]1CC[C@H]2C(C)(C)[C@H]3C[C@@]12C[C@@H]1OB([C@H](Cl)C2CCCCC2)O[C@@]13C. The predicted octanol–water partition coefficient (Wildman–Crippen LogP) is 5.86. The van der Waals surface area contributed by atoms with E-state index < -0.39 is 0 Å². The number of rotatable bonds is 2. The Labute approximate surface area is 165 Å². The molecule has 0 aromatic carbocycles. The van der Waals surface area contributed by atoms with Gasteiger partial charge in [0.05, 0.1) is 17.0 Å². The van der Waals surface area contributed by atoms with Gasteiger partial charge in [-0.15, -0.1) is 11.6 Å². The van der Waals surface area contributed by atoms with Crippen LogP contribution in [0, 0.1) is 34.5 Å². The molecule has 0 aromatic rings. The molecule has 0 unspecified atom stereocenters. The Morgan fingerprint density at radius 1 is 0.962 bits per heavy atom. The Kier molecular flexibility index (Phi) is 4.15. The summed E-state index contributed by atoms with van der Waals surface area (Å²) in [6.45, 7) is 9.89. The normalized spacial score (nSPS) is 51.3. The highest BCUT2D eigenvalue weighted by molar-refractivity contribution is 6.60. The van der Waals surface area contributed by atoms with Crippen LogP contribution >= 0.6 is 11.6 Å². The molecule has 4 aliphatic carbocycles. The van der Waals surface area contributed by atoms with Gasteiger partial charge in [-0.05, 0) is 80.0 Å². The maximum absolute atomic E-state index is 6.95. The molecule has 5 aliphatic rings. The molecule has 146 valence electrons. The van der Waals surface area contributed by atoms with Gasteiger partial charge in [-0.3, -0.25) is 0 Å². The van der Waals surface area contributed by atoms with Crippen LogP contribution in [0.25, 0.3) is 0 Å². The van der Waals surface area contributed by atoms with Gasteiger partial charge in [0.15, 0.2) is 0 Å². The highest BCUT2D eigenvalue weighted by atomic mass is 35.5. The minimum Gasteiger partial charge on any atom is -0.404 e. The van der Waals surface area contributed by atoms with E-state index in [9.17, 15) is 0 Å². The van der Waals surface area contributed by atoms with E-state index in [1.807, 2.05) is 0 Å². The van der Waals surface area contributed by atoms with Crippen molar-refractivity contribution in [2.24, 2.45) is 34.5 Å². The molecule has 7 atom stereocenters. The second-order valence-electron chi connectivity index (χ2n) is 11.2. The van der Waals surface area contributed by atoms with Crippen molar-refractivity contribution in [3.63, 3.8) is 0 Å². The van der Waals surface area contributed by atoms with Gasteiger partial charge in [0.1, 0.15) is 0 Å². The number of hydrogen-bond donors (Lipinski definition) is 0. The van der Waals surface area contributed by atoms with Crippen molar-refractivity contribution in [1.29, 1.82) is 0 Å². The van der Waals surface area contributed by atoms with Crippen LogP contribution in [0.5, 0.6) is 0 Å². The number of halogens is 1. The second-order valence-corrected chi connectivity index (χ2v) is 11.7. The fourth-order valence-electron chi connectivity index (χ4n) is 8.41. The largest absolute Gasteiger partial charge is 0.477 e. The lowest BCUT2D eigenvalue weighted by Crippen LogP contribution is -2.52. The third-order valence-corrected chi connectivity index (χ3v) is 10.4. The first kappa shape index (κ1) is 18.3. The summed E-state index contributed by atoms with van der Waals surface area (Å²) in [5.41, 5.74) is 0.688. The van der Waals surface area contributed by atoms with Gasteiger partial charge in [-0.1, -0.05) is 40.0 Å². The van der Waals surface area contributed by atoms with Gasteiger partial charge in [0, 0.05) is 0 Å². The van der Waals surface area contributed by atoms with Crippen molar-refractivity contribution in [2.75, 3.05) is 0 Å². The molecule has 1 saturated heterocycles. The van der Waals surface area contributed by atoms with Gasteiger partial charge in [-0.25, -0.2) is 0 Å². The Morgan fingerprint density at radius 3 is 2.42 bits per heavy atom. The molecule has 26 heavy (non-hydrogen) atoms. The van der Waals surface area contributed by atoms with Crippen LogP contribution in [0.3, 0.4) is 0 Å². The van der Waals surface area contributed by atoms with Crippen LogP contribution < -0.4 is 0 Å². The summed E-state index contributed by atoms with van der Waals surface area (Å²) >= 11 is 6.95. The molecule has 2 nitrogen and oxygen atoms in total. The Hall–Kier alpha value is 0.275. The number of hydrogen-bond acceptors (Lipinski definition) is 2. The highest BCUT2D eigenvalue weighted by Gasteiger charge is 2.73. The molecule has 4 heteroatoms. The number of fused-ring (bicyclic) bond motifs is 3. The first-order chi connectivity index (χ1) is 12.3. The Morgan fingerprint density at radius 2 is 1.69 bits per heavy atom. The lowest BCUT2D eigenvalue weighted by molar-refractivity contribution is -0.0769. The van der Waals surface area contributed by atoms with E-state index in [1.165, 1.54) is 57.8 Å². The zero-order valence-corrected chi connectivity index (χ0v) is 17.9. The van der Waals surface area contributed by atoms with E-state index in [0.29, 0.717) is 22.7 Å². The summed E-state index contributed by atoms with van der Waals surface area (Å²) in [6, 6.07) is 0. The lowest BCUT2D eigenvalue weighted by atomic mass is 9.63. The second kappa shape index (κ2) is 5.89. The molecular weight excluding hydrogens is 343 g/mol. The summed E-state index contributed by atoms with van der Waals surface area (Å²) in [4.78, 5) is 0. The van der Waals surface area contributed by atoms with Gasteiger partial charge in [-0.2, -0.15) is 0 Å². The van der Waals surface area contributed by atoms with Crippen LogP contribution in [-0.4, -0.2) is 24.1 Å². The van der Waals surface area contributed by atoms with Crippen molar-refractivity contribution in [1.82, 2.24) is 0 Å². The van der Waals surface area contributed by atoms with E-state index in [1.54, 1.807) is 0 Å². The first-order valence-corrected chi connectivity index (χ1v) is 11.7. The van der Waals surface area contributed by atoms with Crippen LogP contribution in [0.4, 0.5) is 0 Å². The zero-order valence-electron chi connectivity index (χ0n) is 17.1. The summed E-state index contributed by atoms with van der Waals surface area (Å²) in [5.74, 6) is 2.84. The van der Waals surface area contributed by atoms with Gasteiger partial charge in [0.2, 0.25) is 0 Å². The quantitative estimate of drug-likeness (QED) is 0.442. The van der Waals surface area contributed by atoms with E-state index >= 15 is 0 Å². The zero-order chi connectivity index (χ0) is 18.3. The summed E-state index contributed by atoms with van der Waals surface area (Å²) in [6.07, 6.45) is 12.1. The van der Waals surface area contributed by atoms with E-state index in [4.69, 9.17) is 20.9 Å². The maximum Gasteiger partial charge on any atom is 0.477 e. The Bertz CT molecular complexity index is 576. The van der Waals surface area contributed by atoms with Gasteiger partial charge >= 0.3 is 7.12 Å². The topological polar surface area (TPSA) is 18.5 Å². The molecular formula is C22H36BClO2. The van der Waals surface area contributed by atoms with Crippen molar-refractivity contribution >= 4 is 18.7 Å². The van der Waals surface area contributed by atoms with E-state index in [-0.39, 0.29) is 24.1 Å². The fraction of sp³-hybridized carbons (Fsp3) is 1.00. The third kappa shape index (κ3) is 2.26. The molecule has 0 aromatic heterocycles. The van der Waals surface area contributed by atoms with Gasteiger partial charge in [0.25, 0.3) is 0 Å². The molecule has 1 heterocycles. The van der Waals surface area contributed by atoms with Crippen LogP contribution in [0.1, 0.15) is 85.5 Å². The van der Waals surface area contributed by atoms with Crippen molar-refractivity contribution in [2.45, 2.75) is 102 Å². The summed E-state index contributed by atoms with van der Waals surface area (Å²) in [7, 11) is -0.198. The van der Waals surface area contributed by atoms with E-state index in [0.717, 1.165) is 11.8 Å². The van der Waals surface area contributed by atoms with E-state index in [2.05, 4.69) is 27.7 Å². The summed E-state index contributed by atoms with van der Waals surface area (Å²) < 4.78 is 13.4. The smallest absolute Gasteiger partial charge is 0.404 e. The lowest BCUT2D eigenvalue weighted by Gasteiger charge is -2.48. The fourth-order valence-corrected chi connectivity index (χ4v) is 8.78. The average molecular weight is 379 g/mol. The van der Waals surface area contributed by atoms with Crippen LogP contribution in [0.15, 0.2) is 0 Å². The molecule has 2 bridgehead atoms. The number of alkyl halides is 1. The molecule has 5 rings (SSSR count). The van der Waals surface area contributed by atoms with Crippen LogP contribution in [0.2, 0.25) is 0 Å². The first-order valence-electron chi connectivity index (χ1n) is 11.3. The van der Waals surface area contributed by atoms with Crippen molar-refractivity contribution in [3.8, 4) is 0 Å². The predicted molar refractivity (Wildman–Crippen MR) is 107 cm³/mol. The highest BCUT2D eigenvalue weighted by Crippen LogP contribution is 2.74. The Balaban J connectivity index is 1.42. The van der Waals surface area contributed by atoms with Crippen molar-refractivity contribution < 1.29 is 9.31 Å².